The summed E-state index contributed by atoms with van der Waals surface area (Å²) in [4.78, 5) is 2.39. The topological polar surface area (TPSA) is 51.1 Å². The van der Waals surface area contributed by atoms with Gasteiger partial charge in [0.1, 0.15) is 6.07 Å². The minimum atomic E-state index is 0.540. The number of piperidine rings is 1. The van der Waals surface area contributed by atoms with Gasteiger partial charge in [-0.2, -0.15) is 5.26 Å². The van der Waals surface area contributed by atoms with Crippen molar-refractivity contribution in [2.24, 2.45) is 0 Å². The molecule has 2 unspecified atom stereocenters. The van der Waals surface area contributed by atoms with Gasteiger partial charge in [0.15, 0.2) is 1.41 Å². The van der Waals surface area contributed by atoms with Gasteiger partial charge in [0.25, 0.3) is 0 Å². The molecule has 4 heterocycles. The number of nitriles is 1. The second kappa shape index (κ2) is 4.01. The molecule has 0 aromatic heterocycles. The van der Waals surface area contributed by atoms with E-state index in [-0.39, 0.29) is 0 Å². The Morgan fingerprint density at radius 2 is 2.16 bits per heavy atom. The second-order valence-corrected chi connectivity index (χ2v) is 5.45. The maximum atomic E-state index is 9.25. The number of nitrogens with zero attached hydrogens (tertiary/aromatic N) is 2. The zero-order valence-corrected chi connectivity index (χ0v) is 10.6. The summed E-state index contributed by atoms with van der Waals surface area (Å²) in [6, 6.07) is 7.28. The number of rotatable bonds is 1. The minimum Gasteiger partial charge on any atom is -0.380 e. The zero-order chi connectivity index (χ0) is 13.7. The van der Waals surface area contributed by atoms with Crippen LogP contribution < -0.4 is 15.5 Å². The summed E-state index contributed by atoms with van der Waals surface area (Å²) < 4.78 is 8.06. The Bertz CT molecular complexity index is 617. The van der Waals surface area contributed by atoms with Gasteiger partial charge in [0.2, 0.25) is 0 Å². The monoisotopic (exact) mass is 253 g/mol. The lowest BCUT2D eigenvalue weighted by atomic mass is 9.90. The molecule has 3 fully saturated rings. The highest BCUT2D eigenvalue weighted by atomic mass is 15.3. The lowest BCUT2D eigenvalue weighted by molar-refractivity contribution is 0.226. The highest BCUT2D eigenvalue weighted by Gasteiger charge is 2.37. The molecule has 3 saturated heterocycles. The molecule has 96 valence electrons. The van der Waals surface area contributed by atoms with Gasteiger partial charge in [-0.1, -0.05) is 12.2 Å². The first kappa shape index (κ1) is 9.88. The Labute approximate surface area is 114 Å². The summed E-state index contributed by atoms with van der Waals surface area (Å²) in [6.07, 6.45) is 5.32. The van der Waals surface area contributed by atoms with Gasteiger partial charge in [-0.05, 0) is 18.6 Å². The van der Waals surface area contributed by atoms with Crippen molar-refractivity contribution in [2.45, 2.75) is 18.5 Å². The summed E-state index contributed by atoms with van der Waals surface area (Å²) in [5, 5.41) is 14.2. The molecule has 1 aromatic rings. The van der Waals surface area contributed by atoms with Crippen LogP contribution in [0.3, 0.4) is 0 Å². The molecule has 4 aliphatic heterocycles. The molecule has 0 radical (unpaired) electrons. The van der Waals surface area contributed by atoms with Crippen molar-refractivity contribution in [3.05, 3.63) is 29.3 Å². The van der Waals surface area contributed by atoms with Gasteiger partial charge in [-0.3, -0.25) is 0 Å². The predicted octanol–water partition coefficient (Wildman–Crippen LogP) is 1.55. The Balaban J connectivity index is 1.80. The summed E-state index contributed by atoms with van der Waals surface area (Å²) in [5.41, 5.74) is 3.51. The van der Waals surface area contributed by atoms with Crippen LogP contribution in [0.15, 0.2) is 18.2 Å². The molecule has 4 heteroatoms. The standard InChI is InChI=1S/C15H16N4/c16-7-10-3-4-14(13-2-1-5-17-15(10)13)19-8-11-6-12(9-19)18-11/h1-4,11-12,17-18H,5-6,8-9H2/i/hD. The molecule has 0 saturated carbocycles. The van der Waals surface area contributed by atoms with Crippen LogP contribution in [0, 0.1) is 11.3 Å². The molecular weight excluding hydrogens is 236 g/mol. The lowest BCUT2D eigenvalue weighted by Gasteiger charge is -2.49. The number of fused-ring (bicyclic) bond motifs is 3. The summed E-state index contributed by atoms with van der Waals surface area (Å²) in [5.74, 6) is 0. The van der Waals surface area contributed by atoms with E-state index in [4.69, 9.17) is 1.41 Å². The fraction of sp³-hybridized carbons (Fsp3) is 0.400. The van der Waals surface area contributed by atoms with Crippen molar-refractivity contribution in [3.8, 4) is 6.07 Å². The highest BCUT2D eigenvalue weighted by molar-refractivity contribution is 5.84. The fourth-order valence-corrected chi connectivity index (χ4v) is 3.32. The van der Waals surface area contributed by atoms with Crippen LogP contribution in [0.2, 0.25) is 1.41 Å². The molecule has 2 bridgehead atoms. The van der Waals surface area contributed by atoms with Crippen molar-refractivity contribution < 1.29 is 1.41 Å². The Hall–Kier alpha value is -1.99. The first-order valence-electron chi connectivity index (χ1n) is 7.22. The minimum absolute atomic E-state index is 0.540. The number of hydrogen-bond acceptors (Lipinski definition) is 4. The van der Waals surface area contributed by atoms with Crippen LogP contribution in [0.25, 0.3) is 6.08 Å². The van der Waals surface area contributed by atoms with Crippen LogP contribution >= 0.6 is 0 Å². The summed E-state index contributed by atoms with van der Waals surface area (Å²) in [6.45, 7) is 2.57. The van der Waals surface area contributed by atoms with Gasteiger partial charge in [-0.15, -0.1) is 0 Å². The predicted molar refractivity (Wildman–Crippen MR) is 76.2 cm³/mol. The van der Waals surface area contributed by atoms with Gasteiger partial charge in [-0.25, -0.2) is 0 Å². The Morgan fingerprint density at radius 3 is 2.89 bits per heavy atom. The first-order chi connectivity index (χ1) is 9.76. The number of hydrogen-bond donors (Lipinski definition) is 2. The molecule has 0 aliphatic carbocycles. The van der Waals surface area contributed by atoms with E-state index < -0.39 is 0 Å². The van der Waals surface area contributed by atoms with Crippen molar-refractivity contribution >= 4 is 17.5 Å². The van der Waals surface area contributed by atoms with Crippen molar-refractivity contribution in [1.29, 1.82) is 5.26 Å². The molecular formula is C15H16N4. The molecule has 2 atom stereocenters. The van der Waals surface area contributed by atoms with E-state index in [1.807, 2.05) is 18.2 Å². The second-order valence-electron chi connectivity index (χ2n) is 5.45. The molecule has 4 nitrogen and oxygen atoms in total. The largest absolute Gasteiger partial charge is 0.380 e. The van der Waals surface area contributed by atoms with Crippen molar-refractivity contribution in [3.63, 3.8) is 0 Å². The molecule has 5 rings (SSSR count). The van der Waals surface area contributed by atoms with Crippen LogP contribution in [0.1, 0.15) is 17.5 Å². The molecule has 0 amide bonds. The van der Waals surface area contributed by atoms with Crippen LogP contribution in [-0.4, -0.2) is 31.7 Å². The van der Waals surface area contributed by atoms with Gasteiger partial charge < -0.3 is 15.5 Å². The number of piperazine rings is 1. The normalized spacial score (nSPS) is 28.3. The molecule has 4 aliphatic rings. The molecule has 0 spiro atoms. The molecule has 19 heavy (non-hydrogen) atoms. The van der Waals surface area contributed by atoms with Gasteiger partial charge in [0, 0.05) is 43.0 Å². The number of benzene rings is 1. The van der Waals surface area contributed by atoms with Crippen LogP contribution in [0.5, 0.6) is 0 Å². The average Bonchev–Trinajstić information content (AvgIpc) is 2.46. The van der Waals surface area contributed by atoms with E-state index >= 15 is 0 Å². The van der Waals surface area contributed by atoms with E-state index in [2.05, 4.69) is 22.4 Å². The van der Waals surface area contributed by atoms with E-state index in [1.165, 1.54) is 11.7 Å². The quantitative estimate of drug-likeness (QED) is 0.797. The van der Waals surface area contributed by atoms with E-state index in [0.29, 0.717) is 24.2 Å². The Kier molecular flexibility index (Phi) is 2.08. The smallest absolute Gasteiger partial charge is 0.160 e. The van der Waals surface area contributed by atoms with Crippen molar-refractivity contribution in [2.75, 3.05) is 29.8 Å². The SMILES string of the molecule is [2H]N1CC=Cc2c(N3CC4CC(C3)N4)ccc(C#N)c21. The number of nitrogens with one attached hydrogen (secondary N) is 2. The molecule has 1 aromatic carbocycles. The average molecular weight is 253 g/mol. The summed E-state index contributed by atoms with van der Waals surface area (Å²) >= 11 is 0. The van der Waals surface area contributed by atoms with Gasteiger partial charge in [0.05, 0.1) is 11.3 Å². The van der Waals surface area contributed by atoms with Crippen LogP contribution in [0.4, 0.5) is 11.4 Å². The van der Waals surface area contributed by atoms with E-state index in [1.54, 1.807) is 0 Å². The number of anilines is 2. The third-order valence-electron chi connectivity index (χ3n) is 4.22. The Morgan fingerprint density at radius 1 is 1.37 bits per heavy atom. The molecule has 2 N–H and O–H groups in total. The van der Waals surface area contributed by atoms with Crippen molar-refractivity contribution in [1.82, 2.24) is 5.32 Å². The maximum absolute atomic E-state index is 9.25. The maximum Gasteiger partial charge on any atom is 0.160 e. The van der Waals surface area contributed by atoms with Crippen LogP contribution in [-0.2, 0) is 0 Å². The van der Waals surface area contributed by atoms with Gasteiger partial charge >= 0.3 is 0 Å². The van der Waals surface area contributed by atoms with E-state index in [0.717, 1.165) is 30.0 Å². The summed E-state index contributed by atoms with van der Waals surface area (Å²) in [7, 11) is 0. The first-order valence-corrected chi connectivity index (χ1v) is 6.77. The fourth-order valence-electron chi connectivity index (χ4n) is 3.32. The highest BCUT2D eigenvalue weighted by Crippen LogP contribution is 2.36. The zero-order valence-electron chi connectivity index (χ0n) is 11.6. The third kappa shape index (κ3) is 1.62. The third-order valence-corrected chi connectivity index (χ3v) is 4.22. The van der Waals surface area contributed by atoms with E-state index in [9.17, 15) is 5.26 Å². The lowest BCUT2D eigenvalue weighted by Crippen LogP contribution is -2.67.